The summed E-state index contributed by atoms with van der Waals surface area (Å²) >= 11 is 2.48. The predicted octanol–water partition coefficient (Wildman–Crippen LogP) is 5.13. The molecule has 0 aliphatic rings. The van der Waals surface area contributed by atoms with E-state index < -0.39 is 46.2 Å². The Balaban J connectivity index is 1.50. The van der Waals surface area contributed by atoms with Crippen molar-refractivity contribution in [3.63, 3.8) is 0 Å². The number of thioether (sulfide) groups is 2. The van der Waals surface area contributed by atoms with E-state index in [0.717, 1.165) is 20.3 Å². The Morgan fingerprint density at radius 2 is 1.32 bits per heavy atom. The summed E-state index contributed by atoms with van der Waals surface area (Å²) in [5, 5.41) is 12.8. The third-order valence-corrected chi connectivity index (χ3v) is 12.8. The molecule has 288 valence electrons. The van der Waals surface area contributed by atoms with Gasteiger partial charge in [0, 0.05) is 22.6 Å². The monoisotopic (exact) mass is 850 g/mol. The van der Waals surface area contributed by atoms with Crippen LogP contribution in [-0.4, -0.2) is 95.0 Å². The van der Waals surface area contributed by atoms with E-state index in [1.165, 1.54) is 41.7 Å². The fourth-order valence-corrected chi connectivity index (χ4v) is 9.02. The van der Waals surface area contributed by atoms with E-state index in [2.05, 4.69) is 38.9 Å². The molecular weight excluding hydrogens is 817 g/mol. The lowest BCUT2D eigenvalue weighted by molar-refractivity contribution is 0.396. The van der Waals surface area contributed by atoms with Crippen molar-refractivity contribution >= 4 is 97.8 Å². The molecule has 4 aromatic rings. The molecule has 0 atom stereocenters. The summed E-state index contributed by atoms with van der Waals surface area (Å²) in [7, 11) is -14.3. The number of nitrogens with one attached hydrogen (secondary N) is 1. The zero-order chi connectivity index (χ0) is 38.9. The molecule has 24 heteroatoms. The fraction of sp³-hybridized carbons (Fsp3) is 0.345. The minimum absolute atomic E-state index is 0.0464. The molecule has 4 rings (SSSR count). The summed E-state index contributed by atoms with van der Waals surface area (Å²) in [6.07, 6.45) is 1.00. The van der Waals surface area contributed by atoms with Gasteiger partial charge in [0.15, 0.2) is 10.3 Å². The van der Waals surface area contributed by atoms with Crippen LogP contribution in [0.5, 0.6) is 0 Å². The van der Waals surface area contributed by atoms with Crippen LogP contribution in [0.2, 0.25) is 0 Å². The summed E-state index contributed by atoms with van der Waals surface area (Å²) in [6.45, 7) is 0. The summed E-state index contributed by atoms with van der Waals surface area (Å²) in [6, 6.07) is 13.7. The first-order chi connectivity index (χ1) is 24.8. The molecule has 0 saturated carbocycles. The van der Waals surface area contributed by atoms with Crippen LogP contribution in [-0.2, 0) is 54.6 Å². The summed E-state index contributed by atoms with van der Waals surface area (Å²) in [5.41, 5.74) is 1.34. The highest BCUT2D eigenvalue weighted by atomic mass is 32.2. The second kappa shape index (κ2) is 18.3. The van der Waals surface area contributed by atoms with E-state index in [1.807, 2.05) is 0 Å². The first kappa shape index (κ1) is 42.4. The van der Waals surface area contributed by atoms with E-state index >= 15 is 0 Å². The van der Waals surface area contributed by atoms with Crippen molar-refractivity contribution in [1.82, 2.24) is 15.0 Å². The number of hydrogen-bond acceptors (Lipinski definition) is 18. The largest absolute Gasteiger partial charge is 0.324 e. The highest BCUT2D eigenvalue weighted by Crippen LogP contribution is 2.32. The van der Waals surface area contributed by atoms with Crippen molar-refractivity contribution in [3.8, 4) is 0 Å². The SMILES string of the molecule is COS(=O)(=O)CCCSc1nc(Nc2ccc(N=Nc3ccc4cc(CS(=O)(=O)O)cc(S(=O)(=O)OC)c4c3)cc2)nc(SCCCCS(=O)(=O)O)n1. The Bertz CT molecular complexity index is 2400. The molecule has 3 N–H and O–H groups in total. The predicted molar refractivity (Wildman–Crippen MR) is 200 cm³/mol. The van der Waals surface area contributed by atoms with Crippen LogP contribution in [0.3, 0.4) is 0 Å². The van der Waals surface area contributed by atoms with Gasteiger partial charge in [0.1, 0.15) is 10.6 Å². The van der Waals surface area contributed by atoms with Crippen molar-refractivity contribution in [1.29, 1.82) is 0 Å². The summed E-state index contributed by atoms with van der Waals surface area (Å²) in [5.74, 6) is -0.294. The maximum atomic E-state index is 12.7. The number of nitrogens with zero attached hydrogens (tertiary/aromatic N) is 5. The Morgan fingerprint density at radius 3 is 1.92 bits per heavy atom. The van der Waals surface area contributed by atoms with Crippen molar-refractivity contribution in [2.75, 3.05) is 42.5 Å². The van der Waals surface area contributed by atoms with E-state index in [0.29, 0.717) is 45.0 Å². The maximum absolute atomic E-state index is 12.7. The van der Waals surface area contributed by atoms with Gasteiger partial charge in [-0.25, -0.2) is 0 Å². The van der Waals surface area contributed by atoms with Crippen LogP contribution in [0.1, 0.15) is 24.8 Å². The van der Waals surface area contributed by atoms with Crippen molar-refractivity contribution in [2.45, 2.75) is 40.2 Å². The number of azo groups is 1. The van der Waals surface area contributed by atoms with E-state index in [4.69, 9.17) is 4.55 Å². The molecule has 0 radical (unpaired) electrons. The van der Waals surface area contributed by atoms with Crippen molar-refractivity contribution in [3.05, 3.63) is 60.2 Å². The Hall–Kier alpha value is -3.33. The second-order valence-electron chi connectivity index (χ2n) is 10.9. The fourth-order valence-electron chi connectivity index (χ4n) is 4.44. The number of unbranched alkanes of at least 4 members (excludes halogenated alkanes) is 1. The molecule has 0 amide bonds. The average Bonchev–Trinajstić information content (AvgIpc) is 3.08. The zero-order valence-corrected chi connectivity index (χ0v) is 32.9. The molecule has 0 spiro atoms. The lowest BCUT2D eigenvalue weighted by Gasteiger charge is -2.10. The molecule has 0 saturated heterocycles. The van der Waals surface area contributed by atoms with E-state index in [9.17, 15) is 38.2 Å². The average molecular weight is 851 g/mol. The van der Waals surface area contributed by atoms with Gasteiger partial charge in [-0.2, -0.15) is 58.9 Å². The minimum atomic E-state index is -4.43. The van der Waals surface area contributed by atoms with Crippen molar-refractivity contribution < 1.29 is 51.1 Å². The van der Waals surface area contributed by atoms with Crippen LogP contribution in [0, 0.1) is 0 Å². The van der Waals surface area contributed by atoms with Gasteiger partial charge in [-0.3, -0.25) is 17.5 Å². The Kier molecular flexibility index (Phi) is 14.7. The summed E-state index contributed by atoms with van der Waals surface area (Å²) < 4.78 is 121. The normalized spacial score (nSPS) is 12.8. The molecular formula is C29H34N6O12S6. The number of hydrogen-bond donors (Lipinski definition) is 3. The molecule has 1 heterocycles. The molecule has 18 nitrogen and oxygen atoms in total. The molecule has 0 aliphatic heterocycles. The molecule has 0 fully saturated rings. The van der Waals surface area contributed by atoms with E-state index in [1.54, 1.807) is 30.3 Å². The molecule has 0 bridgehead atoms. The van der Waals surface area contributed by atoms with Gasteiger partial charge in [-0.15, -0.1) is 0 Å². The lowest BCUT2D eigenvalue weighted by atomic mass is 10.1. The highest BCUT2D eigenvalue weighted by molar-refractivity contribution is 7.99. The molecule has 0 aliphatic carbocycles. The van der Waals surface area contributed by atoms with Crippen LogP contribution < -0.4 is 5.32 Å². The van der Waals surface area contributed by atoms with Gasteiger partial charge >= 0.3 is 0 Å². The minimum Gasteiger partial charge on any atom is -0.324 e. The number of anilines is 2. The smallest absolute Gasteiger partial charge is 0.297 e. The topological polar surface area (TPSA) is 271 Å². The van der Waals surface area contributed by atoms with Crippen LogP contribution in [0.25, 0.3) is 10.8 Å². The van der Waals surface area contributed by atoms with Gasteiger partial charge in [0.25, 0.3) is 40.5 Å². The number of benzene rings is 3. The van der Waals surface area contributed by atoms with E-state index in [-0.39, 0.29) is 51.8 Å². The van der Waals surface area contributed by atoms with Gasteiger partial charge in [0.2, 0.25) is 5.95 Å². The molecule has 53 heavy (non-hydrogen) atoms. The van der Waals surface area contributed by atoms with Gasteiger partial charge in [-0.1, -0.05) is 29.6 Å². The zero-order valence-electron chi connectivity index (χ0n) is 28.0. The van der Waals surface area contributed by atoms with Gasteiger partial charge < -0.3 is 5.32 Å². The number of rotatable bonds is 20. The first-order valence-electron chi connectivity index (χ1n) is 15.2. The van der Waals surface area contributed by atoms with Crippen LogP contribution in [0.4, 0.5) is 23.0 Å². The second-order valence-corrected chi connectivity index (χ2v) is 19.6. The quantitative estimate of drug-likeness (QED) is 0.0342. The molecule has 3 aromatic carbocycles. The number of aromatic nitrogens is 3. The van der Waals surface area contributed by atoms with Crippen molar-refractivity contribution in [2.24, 2.45) is 10.2 Å². The summed E-state index contributed by atoms with van der Waals surface area (Å²) in [4.78, 5) is 13.0. The standard InChI is InChI=1S/C29H34N6O12S6/c1-46-52(42,43)15-5-13-49-29-32-27(31-28(33-29)48-12-3-4-14-50(36,37)38)30-22-8-10-23(11-9-22)34-35-24-7-6-21-16-20(19-51(39,40)41)17-26(25(21)18-24)53(44,45)47-2/h6-11,16-18H,3-5,12-15,19H2,1-2H3,(H,36,37,38)(H,39,40,41)(H,30,31,32,33). The molecule has 0 unspecified atom stereocenters. The molecule has 1 aromatic heterocycles. The third kappa shape index (κ3) is 14.1. The van der Waals surface area contributed by atoms with Gasteiger partial charge in [0.05, 0.1) is 37.1 Å². The Morgan fingerprint density at radius 1 is 0.698 bits per heavy atom. The third-order valence-electron chi connectivity index (χ3n) is 6.85. The highest BCUT2D eigenvalue weighted by Gasteiger charge is 2.20. The lowest BCUT2D eigenvalue weighted by Crippen LogP contribution is -2.08. The first-order valence-corrected chi connectivity index (χ1v) is 23.4. The van der Waals surface area contributed by atoms with Crippen LogP contribution in [0.15, 0.2) is 80.0 Å². The Labute approximate surface area is 315 Å². The maximum Gasteiger partial charge on any atom is 0.297 e. The van der Waals surface area contributed by atoms with Gasteiger partial charge in [-0.05, 0) is 78.7 Å². The van der Waals surface area contributed by atoms with Crippen LogP contribution >= 0.6 is 23.5 Å². The number of fused-ring (bicyclic) bond motifs is 1.